The molecule has 0 aromatic carbocycles. The van der Waals surface area contributed by atoms with Gasteiger partial charge >= 0.3 is 0 Å². The third-order valence-corrected chi connectivity index (χ3v) is 2.94. The number of nitrogens with one attached hydrogen (secondary N) is 1. The van der Waals surface area contributed by atoms with Crippen molar-refractivity contribution in [2.24, 2.45) is 7.05 Å². The Hall–Kier alpha value is -1.36. The van der Waals surface area contributed by atoms with Gasteiger partial charge in [-0.05, 0) is 25.9 Å². The maximum absolute atomic E-state index is 11.6. The molecule has 0 radical (unpaired) electrons. The summed E-state index contributed by atoms with van der Waals surface area (Å²) in [6.07, 6.45) is 4.77. The fourth-order valence-electron chi connectivity index (χ4n) is 1.97. The molecule has 0 atom stereocenters. The van der Waals surface area contributed by atoms with Crippen molar-refractivity contribution in [3.63, 3.8) is 0 Å². The predicted octanol–water partition coefficient (Wildman–Crippen LogP) is 0.844. The normalized spacial score (nSPS) is 16.6. The van der Waals surface area contributed by atoms with Crippen LogP contribution < -0.4 is 5.32 Å². The van der Waals surface area contributed by atoms with Crippen LogP contribution in [0.1, 0.15) is 19.3 Å². The van der Waals surface area contributed by atoms with Crippen molar-refractivity contribution in [1.82, 2.24) is 14.7 Å². The van der Waals surface area contributed by atoms with E-state index in [4.69, 9.17) is 0 Å². The number of nitrogens with zero attached hydrogens (tertiary/aromatic N) is 3. The fraction of sp³-hybridized carbons (Fsp3) is 0.636. The smallest absolute Gasteiger partial charge is 0.226 e. The van der Waals surface area contributed by atoms with Crippen LogP contribution in [0.4, 0.5) is 5.82 Å². The molecule has 1 aromatic rings. The van der Waals surface area contributed by atoms with Crippen LogP contribution in [0.2, 0.25) is 0 Å². The summed E-state index contributed by atoms with van der Waals surface area (Å²) in [7, 11) is 1.82. The van der Waals surface area contributed by atoms with Gasteiger partial charge in [0.05, 0.1) is 6.20 Å². The predicted molar refractivity (Wildman–Crippen MR) is 62.1 cm³/mol. The van der Waals surface area contributed by atoms with Gasteiger partial charge in [0.15, 0.2) is 0 Å². The molecule has 5 heteroatoms. The summed E-state index contributed by atoms with van der Waals surface area (Å²) < 4.78 is 1.66. The van der Waals surface area contributed by atoms with Gasteiger partial charge < -0.3 is 10.2 Å². The number of likely N-dealkylation sites (tertiary alicyclic amines) is 1. The zero-order valence-electron chi connectivity index (χ0n) is 9.65. The zero-order valence-corrected chi connectivity index (χ0v) is 9.65. The van der Waals surface area contributed by atoms with Crippen molar-refractivity contribution in [2.75, 3.05) is 25.0 Å². The molecule has 1 N–H and O–H groups in total. The van der Waals surface area contributed by atoms with Crippen molar-refractivity contribution in [3.05, 3.63) is 12.3 Å². The molecule has 2 rings (SSSR count). The molecule has 1 saturated heterocycles. The quantitative estimate of drug-likeness (QED) is 0.821. The van der Waals surface area contributed by atoms with Crippen molar-refractivity contribution < 1.29 is 4.79 Å². The molecule has 0 saturated carbocycles. The summed E-state index contributed by atoms with van der Waals surface area (Å²) in [6.45, 7) is 3.14. The molecule has 1 aliphatic rings. The lowest BCUT2D eigenvalue weighted by molar-refractivity contribution is -0.116. The van der Waals surface area contributed by atoms with E-state index in [2.05, 4.69) is 15.3 Å². The van der Waals surface area contributed by atoms with Gasteiger partial charge in [-0.15, -0.1) is 0 Å². The van der Waals surface area contributed by atoms with Gasteiger partial charge in [-0.25, -0.2) is 0 Å². The molecular weight excluding hydrogens is 204 g/mol. The molecule has 1 fully saturated rings. The van der Waals surface area contributed by atoms with Gasteiger partial charge in [-0.3, -0.25) is 9.48 Å². The highest BCUT2D eigenvalue weighted by molar-refractivity contribution is 5.89. The van der Waals surface area contributed by atoms with E-state index in [0.717, 1.165) is 25.5 Å². The first-order valence-corrected chi connectivity index (χ1v) is 5.76. The molecule has 88 valence electrons. The van der Waals surface area contributed by atoms with E-state index >= 15 is 0 Å². The zero-order chi connectivity index (χ0) is 11.4. The Morgan fingerprint density at radius 1 is 1.50 bits per heavy atom. The maximum atomic E-state index is 11.6. The second-order valence-electron chi connectivity index (χ2n) is 4.19. The Balaban J connectivity index is 1.74. The molecule has 0 spiro atoms. The van der Waals surface area contributed by atoms with Crippen LogP contribution >= 0.6 is 0 Å². The van der Waals surface area contributed by atoms with Gasteiger partial charge in [0, 0.05) is 26.1 Å². The van der Waals surface area contributed by atoms with Crippen molar-refractivity contribution in [2.45, 2.75) is 19.3 Å². The van der Waals surface area contributed by atoms with Gasteiger partial charge in [0.2, 0.25) is 5.91 Å². The van der Waals surface area contributed by atoms with Crippen LogP contribution in [0.5, 0.6) is 0 Å². The van der Waals surface area contributed by atoms with Crippen LogP contribution in [0.3, 0.4) is 0 Å². The molecule has 0 bridgehead atoms. The second kappa shape index (κ2) is 5.12. The first kappa shape index (κ1) is 11.1. The highest BCUT2D eigenvalue weighted by Crippen LogP contribution is 2.08. The first-order chi connectivity index (χ1) is 7.75. The lowest BCUT2D eigenvalue weighted by atomic mass is 10.3. The number of carbonyl (C=O) groups is 1. The average molecular weight is 222 g/mol. The Labute approximate surface area is 95.4 Å². The Kier molecular flexibility index (Phi) is 3.56. The minimum absolute atomic E-state index is 0.0653. The second-order valence-corrected chi connectivity index (χ2v) is 4.19. The molecular formula is C11H18N4O. The minimum atomic E-state index is 0.0653. The van der Waals surface area contributed by atoms with E-state index in [-0.39, 0.29) is 5.91 Å². The van der Waals surface area contributed by atoms with Gasteiger partial charge in [-0.1, -0.05) is 0 Å². The highest BCUT2D eigenvalue weighted by atomic mass is 16.1. The summed E-state index contributed by atoms with van der Waals surface area (Å²) in [4.78, 5) is 14.0. The van der Waals surface area contributed by atoms with Crippen LogP contribution in [0.25, 0.3) is 0 Å². The lowest BCUT2D eigenvalue weighted by Crippen LogP contribution is -2.25. The SMILES string of the molecule is Cn1nccc1NC(=O)CCN1CCCC1. The van der Waals surface area contributed by atoms with Gasteiger partial charge in [0.1, 0.15) is 5.82 Å². The summed E-state index contributed by atoms with van der Waals surface area (Å²) >= 11 is 0. The van der Waals surface area contributed by atoms with E-state index in [1.165, 1.54) is 12.8 Å². The Morgan fingerprint density at radius 3 is 2.88 bits per heavy atom. The molecule has 1 aromatic heterocycles. The van der Waals surface area contributed by atoms with Crippen LogP contribution in [0.15, 0.2) is 12.3 Å². The van der Waals surface area contributed by atoms with Crippen molar-refractivity contribution >= 4 is 11.7 Å². The van der Waals surface area contributed by atoms with Crippen LogP contribution in [0, 0.1) is 0 Å². The first-order valence-electron chi connectivity index (χ1n) is 5.76. The van der Waals surface area contributed by atoms with E-state index in [0.29, 0.717) is 6.42 Å². The van der Waals surface area contributed by atoms with E-state index in [1.807, 2.05) is 7.05 Å². The minimum Gasteiger partial charge on any atom is -0.311 e. The summed E-state index contributed by atoms with van der Waals surface area (Å²) in [5, 5.41) is 6.85. The standard InChI is InChI=1S/C11H18N4O/c1-14-10(4-6-12-14)13-11(16)5-9-15-7-2-3-8-15/h4,6H,2-3,5,7-9H2,1H3,(H,13,16). The Bertz CT molecular complexity index is 355. The number of anilines is 1. The number of carbonyl (C=O) groups excluding carboxylic acids is 1. The highest BCUT2D eigenvalue weighted by Gasteiger charge is 2.13. The number of rotatable bonds is 4. The molecule has 5 nitrogen and oxygen atoms in total. The number of aryl methyl sites for hydroxylation is 1. The molecule has 0 aliphatic carbocycles. The summed E-state index contributed by atoms with van der Waals surface area (Å²) in [6, 6.07) is 1.80. The van der Waals surface area contributed by atoms with Gasteiger partial charge in [0.25, 0.3) is 0 Å². The lowest BCUT2D eigenvalue weighted by Gasteiger charge is -2.13. The average Bonchev–Trinajstić information content (AvgIpc) is 2.88. The molecule has 2 heterocycles. The summed E-state index contributed by atoms with van der Waals surface area (Å²) in [5.41, 5.74) is 0. The van der Waals surface area contributed by atoms with Crippen LogP contribution in [-0.4, -0.2) is 40.2 Å². The maximum Gasteiger partial charge on any atom is 0.226 e. The third kappa shape index (κ3) is 2.82. The Morgan fingerprint density at radius 2 is 2.25 bits per heavy atom. The van der Waals surface area contributed by atoms with E-state index in [1.54, 1.807) is 16.9 Å². The number of aromatic nitrogens is 2. The van der Waals surface area contributed by atoms with Gasteiger partial charge in [-0.2, -0.15) is 5.10 Å². The largest absolute Gasteiger partial charge is 0.311 e. The van der Waals surface area contributed by atoms with E-state index < -0.39 is 0 Å². The molecule has 0 unspecified atom stereocenters. The monoisotopic (exact) mass is 222 g/mol. The summed E-state index contributed by atoms with van der Waals surface area (Å²) in [5.74, 6) is 0.821. The fourth-order valence-corrected chi connectivity index (χ4v) is 1.97. The third-order valence-electron chi connectivity index (χ3n) is 2.94. The van der Waals surface area contributed by atoms with Crippen LogP contribution in [-0.2, 0) is 11.8 Å². The topological polar surface area (TPSA) is 50.2 Å². The number of amides is 1. The van der Waals surface area contributed by atoms with Crippen molar-refractivity contribution in [1.29, 1.82) is 0 Å². The van der Waals surface area contributed by atoms with Crippen molar-refractivity contribution in [3.8, 4) is 0 Å². The molecule has 16 heavy (non-hydrogen) atoms. The number of hydrogen-bond donors (Lipinski definition) is 1. The molecule has 1 aliphatic heterocycles. The number of hydrogen-bond acceptors (Lipinski definition) is 3. The van der Waals surface area contributed by atoms with E-state index in [9.17, 15) is 4.79 Å². The molecule has 1 amide bonds.